The van der Waals surface area contributed by atoms with Gasteiger partial charge in [0.25, 0.3) is 0 Å². The van der Waals surface area contributed by atoms with Crippen LogP contribution in [0.2, 0.25) is 0 Å². The summed E-state index contributed by atoms with van der Waals surface area (Å²) in [7, 11) is 0. The van der Waals surface area contributed by atoms with Gasteiger partial charge in [0, 0.05) is 0 Å². The third kappa shape index (κ3) is 6.09. The molecule has 1 atom stereocenters. The highest BCUT2D eigenvalue weighted by molar-refractivity contribution is 4.55. The summed E-state index contributed by atoms with van der Waals surface area (Å²) in [4.78, 5) is 0. The third-order valence-corrected chi connectivity index (χ3v) is 1.90. The molecule has 1 heteroatoms. The molecule has 0 aliphatic rings. The fourth-order valence-electron chi connectivity index (χ4n) is 1.05. The van der Waals surface area contributed by atoms with Crippen LogP contribution < -0.4 is 5.73 Å². The van der Waals surface area contributed by atoms with Gasteiger partial charge < -0.3 is 5.73 Å². The van der Waals surface area contributed by atoms with Gasteiger partial charge in [0.2, 0.25) is 0 Å². The highest BCUT2D eigenvalue weighted by Gasteiger charge is 2.01. The summed E-state index contributed by atoms with van der Waals surface area (Å²) in [6.45, 7) is 7.68. The van der Waals surface area contributed by atoms with Crippen LogP contribution >= 0.6 is 0 Å². The maximum atomic E-state index is 5.44. The molecule has 0 radical (unpaired) electrons. The highest BCUT2D eigenvalue weighted by Crippen LogP contribution is 2.13. The Morgan fingerprint density at radius 1 is 1.00 bits per heavy atom. The molecule has 0 bridgehead atoms. The normalized spacial score (nSPS) is 14.1. The maximum absolute atomic E-state index is 5.44. The summed E-state index contributed by atoms with van der Waals surface area (Å²) in [6.07, 6.45) is 3.88. The van der Waals surface area contributed by atoms with Gasteiger partial charge in [-0.1, -0.05) is 33.6 Å². The summed E-state index contributed by atoms with van der Waals surface area (Å²) < 4.78 is 0. The zero-order valence-electron chi connectivity index (χ0n) is 7.56. The van der Waals surface area contributed by atoms with Crippen LogP contribution in [-0.4, -0.2) is 6.54 Å². The van der Waals surface area contributed by atoms with Crippen LogP contribution in [0.25, 0.3) is 0 Å². The van der Waals surface area contributed by atoms with Gasteiger partial charge in [0.05, 0.1) is 0 Å². The Morgan fingerprint density at radius 3 is 2.00 bits per heavy atom. The first-order chi connectivity index (χ1) is 4.66. The van der Waals surface area contributed by atoms with E-state index in [1.807, 2.05) is 0 Å². The van der Waals surface area contributed by atoms with Crippen molar-refractivity contribution in [2.75, 3.05) is 6.54 Å². The van der Waals surface area contributed by atoms with Crippen molar-refractivity contribution >= 4 is 0 Å². The zero-order valence-corrected chi connectivity index (χ0v) is 7.56. The van der Waals surface area contributed by atoms with E-state index in [1.165, 1.54) is 19.3 Å². The highest BCUT2D eigenvalue weighted by atomic mass is 14.5. The summed E-state index contributed by atoms with van der Waals surface area (Å²) >= 11 is 0. The molecule has 0 amide bonds. The van der Waals surface area contributed by atoms with Crippen molar-refractivity contribution in [2.45, 2.75) is 40.0 Å². The van der Waals surface area contributed by atoms with E-state index in [4.69, 9.17) is 5.73 Å². The Balaban J connectivity index is 3.12. The summed E-state index contributed by atoms with van der Waals surface area (Å²) in [6, 6.07) is 0. The Bertz CT molecular complexity index is 69.1. The molecule has 10 heavy (non-hydrogen) atoms. The van der Waals surface area contributed by atoms with E-state index in [-0.39, 0.29) is 0 Å². The largest absolute Gasteiger partial charge is 0.330 e. The fraction of sp³-hybridized carbons (Fsp3) is 1.00. The van der Waals surface area contributed by atoms with E-state index in [0.717, 1.165) is 18.4 Å². The molecular formula is C9H21N. The topological polar surface area (TPSA) is 26.0 Å². The molecule has 0 aromatic carbocycles. The minimum absolute atomic E-state index is 0.826. The molecule has 0 saturated heterocycles. The summed E-state index contributed by atoms with van der Waals surface area (Å²) in [5.41, 5.74) is 5.44. The number of rotatable bonds is 5. The first kappa shape index (κ1) is 9.96. The number of hydrogen-bond acceptors (Lipinski definition) is 1. The van der Waals surface area contributed by atoms with Crippen LogP contribution in [0.5, 0.6) is 0 Å². The predicted molar refractivity (Wildman–Crippen MR) is 46.9 cm³/mol. The molecule has 2 N–H and O–H groups in total. The Kier molecular flexibility index (Phi) is 5.70. The lowest BCUT2D eigenvalue weighted by atomic mass is 9.97. The SMILES string of the molecule is CC(C)CCC(C)CCN. The molecule has 1 nitrogen and oxygen atoms in total. The van der Waals surface area contributed by atoms with Crippen molar-refractivity contribution in [3.63, 3.8) is 0 Å². The molecule has 0 aliphatic heterocycles. The average molecular weight is 143 g/mol. The monoisotopic (exact) mass is 143 g/mol. The first-order valence-corrected chi connectivity index (χ1v) is 4.37. The minimum atomic E-state index is 0.826. The molecular weight excluding hydrogens is 122 g/mol. The van der Waals surface area contributed by atoms with E-state index in [9.17, 15) is 0 Å². The second-order valence-corrected chi connectivity index (χ2v) is 3.65. The van der Waals surface area contributed by atoms with Crippen molar-refractivity contribution in [1.29, 1.82) is 0 Å². The molecule has 0 heterocycles. The van der Waals surface area contributed by atoms with Crippen molar-refractivity contribution in [2.24, 2.45) is 17.6 Å². The second-order valence-electron chi connectivity index (χ2n) is 3.65. The van der Waals surface area contributed by atoms with Gasteiger partial charge in [-0.3, -0.25) is 0 Å². The Labute approximate surface area is 65.0 Å². The van der Waals surface area contributed by atoms with Gasteiger partial charge in [-0.2, -0.15) is 0 Å². The quantitative estimate of drug-likeness (QED) is 0.628. The lowest BCUT2D eigenvalue weighted by Gasteiger charge is -2.10. The van der Waals surface area contributed by atoms with Gasteiger partial charge in [-0.25, -0.2) is 0 Å². The standard InChI is InChI=1S/C9H21N/c1-8(2)4-5-9(3)6-7-10/h8-9H,4-7,10H2,1-3H3. The number of hydrogen-bond donors (Lipinski definition) is 1. The smallest absolute Gasteiger partial charge is 0.00747 e. The summed E-state index contributed by atoms with van der Waals surface area (Å²) in [5, 5.41) is 0. The maximum Gasteiger partial charge on any atom is -0.00747 e. The minimum Gasteiger partial charge on any atom is -0.330 e. The van der Waals surface area contributed by atoms with E-state index < -0.39 is 0 Å². The van der Waals surface area contributed by atoms with Crippen LogP contribution in [0, 0.1) is 11.8 Å². The molecule has 0 aromatic heterocycles. The van der Waals surface area contributed by atoms with E-state index >= 15 is 0 Å². The van der Waals surface area contributed by atoms with E-state index in [1.54, 1.807) is 0 Å². The molecule has 0 aromatic rings. The fourth-order valence-corrected chi connectivity index (χ4v) is 1.05. The second kappa shape index (κ2) is 5.72. The van der Waals surface area contributed by atoms with Gasteiger partial charge in [-0.05, 0) is 24.8 Å². The van der Waals surface area contributed by atoms with Crippen LogP contribution in [0.3, 0.4) is 0 Å². The van der Waals surface area contributed by atoms with Gasteiger partial charge >= 0.3 is 0 Å². The molecule has 1 unspecified atom stereocenters. The summed E-state index contributed by atoms with van der Waals surface area (Å²) in [5.74, 6) is 1.67. The van der Waals surface area contributed by atoms with Crippen molar-refractivity contribution in [3.05, 3.63) is 0 Å². The first-order valence-electron chi connectivity index (χ1n) is 4.37. The predicted octanol–water partition coefficient (Wildman–Crippen LogP) is 2.41. The Morgan fingerprint density at radius 2 is 1.60 bits per heavy atom. The van der Waals surface area contributed by atoms with Crippen molar-refractivity contribution < 1.29 is 0 Å². The molecule has 0 rings (SSSR count). The molecule has 62 valence electrons. The van der Waals surface area contributed by atoms with Crippen LogP contribution in [0.1, 0.15) is 40.0 Å². The average Bonchev–Trinajstić information content (AvgIpc) is 1.85. The van der Waals surface area contributed by atoms with Crippen LogP contribution in [0.4, 0.5) is 0 Å². The van der Waals surface area contributed by atoms with Gasteiger partial charge in [0.15, 0.2) is 0 Å². The van der Waals surface area contributed by atoms with Crippen LogP contribution in [0.15, 0.2) is 0 Å². The lowest BCUT2D eigenvalue weighted by Crippen LogP contribution is -2.06. The molecule has 0 fully saturated rings. The van der Waals surface area contributed by atoms with Crippen molar-refractivity contribution in [3.8, 4) is 0 Å². The van der Waals surface area contributed by atoms with Crippen LogP contribution in [-0.2, 0) is 0 Å². The van der Waals surface area contributed by atoms with E-state index in [2.05, 4.69) is 20.8 Å². The lowest BCUT2D eigenvalue weighted by molar-refractivity contribution is 0.432. The number of nitrogens with two attached hydrogens (primary N) is 1. The van der Waals surface area contributed by atoms with Crippen molar-refractivity contribution in [1.82, 2.24) is 0 Å². The molecule has 0 aliphatic carbocycles. The zero-order chi connectivity index (χ0) is 7.98. The molecule has 0 saturated carbocycles. The van der Waals surface area contributed by atoms with Gasteiger partial charge in [-0.15, -0.1) is 0 Å². The third-order valence-electron chi connectivity index (χ3n) is 1.90. The molecule has 0 spiro atoms. The van der Waals surface area contributed by atoms with Gasteiger partial charge in [0.1, 0.15) is 0 Å². The Hall–Kier alpha value is -0.0400. The van der Waals surface area contributed by atoms with E-state index in [0.29, 0.717) is 0 Å².